The molecule has 1 amide bonds. The molecule has 152 valence electrons. The van der Waals surface area contributed by atoms with Crippen LogP contribution >= 0.6 is 0 Å². The van der Waals surface area contributed by atoms with Gasteiger partial charge in [-0.05, 0) is 49.1 Å². The highest BCUT2D eigenvalue weighted by Crippen LogP contribution is 2.37. The second-order valence-corrected chi connectivity index (χ2v) is 7.28. The molecule has 1 aliphatic rings. The Morgan fingerprint density at radius 2 is 1.82 bits per heavy atom. The normalized spacial score (nSPS) is 12.5. The first-order valence-corrected chi connectivity index (χ1v) is 9.79. The molecule has 0 unspecified atom stereocenters. The number of rotatable bonds is 6. The van der Waals surface area contributed by atoms with E-state index < -0.39 is 6.09 Å². The molecular weight excluding hydrogens is 374 g/mol. The second-order valence-electron chi connectivity index (χ2n) is 7.28. The van der Waals surface area contributed by atoms with Gasteiger partial charge >= 0.3 is 6.09 Å². The molecule has 0 bridgehead atoms. The van der Waals surface area contributed by atoms with Crippen molar-refractivity contribution in [2.75, 3.05) is 44.0 Å². The van der Waals surface area contributed by atoms with E-state index in [0.29, 0.717) is 6.61 Å². The molecule has 5 nitrogen and oxygen atoms in total. The van der Waals surface area contributed by atoms with Crippen LogP contribution in [-0.2, 0) is 17.6 Å². The van der Waals surface area contributed by atoms with Gasteiger partial charge in [0, 0.05) is 30.0 Å². The first-order chi connectivity index (χ1) is 13.1. The quantitative estimate of drug-likeness (QED) is 0.715. The minimum Gasteiger partial charge on any atom is -1.00 e. The van der Waals surface area contributed by atoms with Gasteiger partial charge in [-0.3, -0.25) is 5.32 Å². The molecule has 0 atom stereocenters. The van der Waals surface area contributed by atoms with E-state index in [4.69, 9.17) is 4.74 Å². The van der Waals surface area contributed by atoms with E-state index in [1.807, 2.05) is 13.0 Å². The van der Waals surface area contributed by atoms with Crippen LogP contribution in [0.15, 0.2) is 42.5 Å². The van der Waals surface area contributed by atoms with Gasteiger partial charge in [0.1, 0.15) is 0 Å². The molecular formula is C22H30ClN3O2. The van der Waals surface area contributed by atoms with Crippen molar-refractivity contribution < 1.29 is 26.8 Å². The molecule has 0 fully saturated rings. The molecule has 0 saturated carbocycles. The van der Waals surface area contributed by atoms with Crippen LogP contribution in [0, 0.1) is 0 Å². The molecule has 0 radical (unpaired) electrons. The molecule has 0 aliphatic carbocycles. The Morgan fingerprint density at radius 3 is 2.54 bits per heavy atom. The monoisotopic (exact) mass is 403 g/mol. The van der Waals surface area contributed by atoms with Gasteiger partial charge in [-0.15, -0.1) is 0 Å². The van der Waals surface area contributed by atoms with Crippen LogP contribution in [0.4, 0.5) is 21.9 Å². The Labute approximate surface area is 174 Å². The lowest BCUT2D eigenvalue weighted by atomic mass is 10.0. The van der Waals surface area contributed by atoms with Crippen molar-refractivity contribution in [3.63, 3.8) is 0 Å². The van der Waals surface area contributed by atoms with Gasteiger partial charge in [-0.25, -0.2) is 4.79 Å². The Bertz CT molecular complexity index is 795. The zero-order valence-corrected chi connectivity index (χ0v) is 17.7. The summed E-state index contributed by atoms with van der Waals surface area (Å²) in [6, 6.07) is 14.8. The predicted octanol–water partition coefficient (Wildman–Crippen LogP) is 0.0303. The van der Waals surface area contributed by atoms with E-state index in [-0.39, 0.29) is 12.4 Å². The molecule has 0 saturated heterocycles. The minimum absolute atomic E-state index is 0. The number of carbonyl (C=O) groups is 1. The molecule has 2 N–H and O–H groups in total. The first-order valence-electron chi connectivity index (χ1n) is 9.79. The number of quaternary nitrogens is 1. The van der Waals surface area contributed by atoms with E-state index in [2.05, 4.69) is 60.7 Å². The van der Waals surface area contributed by atoms with Crippen LogP contribution < -0.4 is 27.5 Å². The molecule has 0 spiro atoms. The highest BCUT2D eigenvalue weighted by molar-refractivity contribution is 5.86. The number of carbonyl (C=O) groups excluding carboxylic acids is 1. The highest BCUT2D eigenvalue weighted by atomic mass is 35.5. The van der Waals surface area contributed by atoms with Gasteiger partial charge in [-0.1, -0.05) is 24.3 Å². The number of aryl methyl sites for hydroxylation is 2. The summed E-state index contributed by atoms with van der Waals surface area (Å²) in [4.78, 5) is 15.7. The van der Waals surface area contributed by atoms with Crippen LogP contribution in [0.5, 0.6) is 0 Å². The van der Waals surface area contributed by atoms with Crippen molar-refractivity contribution in [1.29, 1.82) is 0 Å². The van der Waals surface area contributed by atoms with Crippen molar-refractivity contribution in [3.05, 3.63) is 53.6 Å². The van der Waals surface area contributed by atoms with E-state index in [9.17, 15) is 4.79 Å². The Balaban J connectivity index is 0.00000280. The fraction of sp³-hybridized carbons (Fsp3) is 0.409. The topological polar surface area (TPSA) is 46.0 Å². The summed E-state index contributed by atoms with van der Waals surface area (Å²) in [5, 5.41) is 2.84. The van der Waals surface area contributed by atoms with Gasteiger partial charge in [0.15, 0.2) is 0 Å². The second kappa shape index (κ2) is 10.3. The Morgan fingerprint density at radius 1 is 1.11 bits per heavy atom. The van der Waals surface area contributed by atoms with Crippen molar-refractivity contribution in [2.24, 2.45) is 0 Å². The maximum Gasteiger partial charge on any atom is 0.411 e. The number of hydrogen-bond acceptors (Lipinski definition) is 3. The van der Waals surface area contributed by atoms with Crippen LogP contribution in [0.1, 0.15) is 24.5 Å². The summed E-state index contributed by atoms with van der Waals surface area (Å²) in [5.74, 6) is 0. The van der Waals surface area contributed by atoms with E-state index in [1.165, 1.54) is 27.4 Å². The maximum absolute atomic E-state index is 11.8. The number of amides is 1. The summed E-state index contributed by atoms with van der Waals surface area (Å²) < 4.78 is 5.02. The highest BCUT2D eigenvalue weighted by Gasteiger charge is 2.21. The molecule has 1 aliphatic heterocycles. The van der Waals surface area contributed by atoms with Gasteiger partial charge in [0.05, 0.1) is 27.2 Å². The molecule has 28 heavy (non-hydrogen) atoms. The van der Waals surface area contributed by atoms with E-state index in [0.717, 1.165) is 38.0 Å². The maximum atomic E-state index is 11.8. The number of para-hydroxylation sites is 1. The third-order valence-electron chi connectivity index (χ3n) is 4.90. The van der Waals surface area contributed by atoms with Gasteiger partial charge < -0.3 is 26.9 Å². The predicted molar refractivity (Wildman–Crippen MR) is 110 cm³/mol. The smallest absolute Gasteiger partial charge is 0.411 e. The number of fused-ring (bicyclic) bond motifs is 2. The Kier molecular flexibility index (Phi) is 8.15. The number of benzene rings is 2. The molecule has 6 heteroatoms. The lowest BCUT2D eigenvalue weighted by Crippen LogP contribution is -3.05. The fourth-order valence-electron chi connectivity index (χ4n) is 3.61. The molecule has 2 aromatic carbocycles. The van der Waals surface area contributed by atoms with Crippen molar-refractivity contribution in [1.82, 2.24) is 0 Å². The first kappa shape index (κ1) is 22.1. The zero-order valence-electron chi connectivity index (χ0n) is 16.9. The third-order valence-corrected chi connectivity index (χ3v) is 4.90. The SMILES string of the molecule is CCOC(=O)Nc1ccc2c(c1)N(CCC[NH+](C)C)c1ccccc1CC2.[Cl-]. The average Bonchev–Trinajstić information content (AvgIpc) is 2.79. The zero-order chi connectivity index (χ0) is 19.2. The van der Waals surface area contributed by atoms with Gasteiger partial charge in [0.25, 0.3) is 0 Å². The van der Waals surface area contributed by atoms with Crippen LogP contribution in [0.3, 0.4) is 0 Å². The average molecular weight is 404 g/mol. The van der Waals surface area contributed by atoms with Crippen molar-refractivity contribution in [2.45, 2.75) is 26.2 Å². The fourth-order valence-corrected chi connectivity index (χ4v) is 3.61. The standard InChI is InChI=1S/C22H29N3O2.ClH/c1-4-27-22(26)23-19-13-12-18-11-10-17-8-5-6-9-20(17)25(21(18)16-19)15-7-14-24(2)3;/h5-6,8-9,12-13,16H,4,7,10-11,14-15H2,1-3H3,(H,23,26);1H. The lowest BCUT2D eigenvalue weighted by Gasteiger charge is -2.27. The number of nitrogens with zero attached hydrogens (tertiary/aromatic N) is 1. The number of halogens is 1. The largest absolute Gasteiger partial charge is 1.00 e. The number of anilines is 3. The Hall–Kier alpha value is -2.24. The summed E-state index contributed by atoms with van der Waals surface area (Å²) in [5.41, 5.74) is 5.93. The summed E-state index contributed by atoms with van der Waals surface area (Å²) in [6.45, 7) is 4.25. The van der Waals surface area contributed by atoms with Crippen LogP contribution in [0.2, 0.25) is 0 Å². The molecule has 1 heterocycles. The third kappa shape index (κ3) is 5.40. The van der Waals surface area contributed by atoms with E-state index >= 15 is 0 Å². The molecule has 2 aromatic rings. The van der Waals surface area contributed by atoms with Crippen LogP contribution in [-0.4, -0.2) is 39.9 Å². The molecule has 0 aromatic heterocycles. The number of ether oxygens (including phenoxy) is 1. The minimum atomic E-state index is -0.408. The summed E-state index contributed by atoms with van der Waals surface area (Å²) >= 11 is 0. The van der Waals surface area contributed by atoms with Crippen molar-refractivity contribution in [3.8, 4) is 0 Å². The number of hydrogen-bond donors (Lipinski definition) is 2. The van der Waals surface area contributed by atoms with Crippen LogP contribution in [0.25, 0.3) is 0 Å². The van der Waals surface area contributed by atoms with Gasteiger partial charge in [-0.2, -0.15) is 0 Å². The number of nitrogens with one attached hydrogen (secondary N) is 2. The summed E-state index contributed by atoms with van der Waals surface area (Å²) in [7, 11) is 4.37. The van der Waals surface area contributed by atoms with E-state index in [1.54, 1.807) is 0 Å². The van der Waals surface area contributed by atoms with Gasteiger partial charge in [0.2, 0.25) is 0 Å². The van der Waals surface area contributed by atoms with Crippen molar-refractivity contribution >= 4 is 23.2 Å². The molecule has 3 rings (SSSR count). The lowest BCUT2D eigenvalue weighted by molar-refractivity contribution is -0.858. The summed E-state index contributed by atoms with van der Waals surface area (Å²) in [6.07, 6.45) is 2.73.